The van der Waals surface area contributed by atoms with Crippen molar-refractivity contribution in [2.45, 2.75) is 27.3 Å². The van der Waals surface area contributed by atoms with Crippen molar-refractivity contribution in [3.8, 4) is 0 Å². The molecule has 0 aliphatic rings. The molecule has 0 aliphatic carbocycles. The van der Waals surface area contributed by atoms with Crippen molar-refractivity contribution < 1.29 is 0 Å². The number of hydrogen-bond acceptors (Lipinski definition) is 1. The Kier molecular flexibility index (Phi) is 3.03. The Balaban J connectivity index is 2.82. The smallest absolute Gasteiger partial charge is 0.0635 e. The highest BCUT2D eigenvalue weighted by atomic mass is 14.7. The molecule has 0 bridgehead atoms. The molecule has 0 amide bonds. The topological polar surface area (TPSA) is 12.4 Å². The van der Waals surface area contributed by atoms with Gasteiger partial charge in [-0.05, 0) is 43.7 Å². The fourth-order valence-corrected chi connectivity index (χ4v) is 1.10. The normalized spacial score (nSPS) is 10.9. The largest absolute Gasteiger partial charge is 0.293 e. The van der Waals surface area contributed by atoms with E-state index in [9.17, 15) is 0 Å². The van der Waals surface area contributed by atoms with Gasteiger partial charge in [-0.2, -0.15) is 0 Å². The molecule has 1 aromatic rings. The summed E-state index contributed by atoms with van der Waals surface area (Å²) in [7, 11) is 0. The van der Waals surface area contributed by atoms with E-state index in [1.807, 2.05) is 13.1 Å². The third-order valence-electron chi connectivity index (χ3n) is 2.03. The van der Waals surface area contributed by atoms with Crippen LogP contribution in [0.3, 0.4) is 0 Å². The van der Waals surface area contributed by atoms with Crippen LogP contribution in [0, 0.1) is 13.8 Å². The zero-order valence-corrected chi connectivity index (χ0v) is 7.96. The Morgan fingerprint density at radius 1 is 1.25 bits per heavy atom. The minimum atomic E-state index is 0.803. The van der Waals surface area contributed by atoms with Crippen LogP contribution in [0.4, 0.5) is 0 Å². The summed E-state index contributed by atoms with van der Waals surface area (Å²) in [6.07, 6.45) is 1.84. The van der Waals surface area contributed by atoms with Gasteiger partial charge in [-0.25, -0.2) is 0 Å². The molecule has 0 unspecified atom stereocenters. The molecule has 1 aromatic carbocycles. The van der Waals surface area contributed by atoms with Crippen molar-refractivity contribution in [3.05, 3.63) is 34.9 Å². The lowest BCUT2D eigenvalue weighted by Gasteiger charge is -2.01. The molecule has 0 aliphatic heterocycles. The highest BCUT2D eigenvalue weighted by Crippen LogP contribution is 2.10. The van der Waals surface area contributed by atoms with Crippen LogP contribution in [0.5, 0.6) is 0 Å². The van der Waals surface area contributed by atoms with Crippen LogP contribution in [-0.2, 0) is 6.54 Å². The van der Waals surface area contributed by atoms with E-state index in [0.717, 1.165) is 6.54 Å². The maximum atomic E-state index is 4.19. The molecule has 0 saturated heterocycles. The highest BCUT2D eigenvalue weighted by Gasteiger charge is 1.93. The minimum Gasteiger partial charge on any atom is -0.293 e. The number of aliphatic imine (C=N–C) groups is 1. The van der Waals surface area contributed by atoms with E-state index in [1.54, 1.807) is 0 Å². The third-order valence-corrected chi connectivity index (χ3v) is 2.03. The third kappa shape index (κ3) is 2.19. The van der Waals surface area contributed by atoms with Gasteiger partial charge in [-0.3, -0.25) is 4.99 Å². The van der Waals surface area contributed by atoms with Crippen molar-refractivity contribution >= 4 is 6.21 Å². The minimum absolute atomic E-state index is 0.803. The van der Waals surface area contributed by atoms with Crippen molar-refractivity contribution in [1.82, 2.24) is 0 Å². The summed E-state index contributed by atoms with van der Waals surface area (Å²) in [4.78, 5) is 4.19. The quantitative estimate of drug-likeness (QED) is 0.591. The molecule has 0 spiro atoms. The van der Waals surface area contributed by atoms with Crippen LogP contribution in [0.25, 0.3) is 0 Å². The van der Waals surface area contributed by atoms with Gasteiger partial charge in [-0.15, -0.1) is 0 Å². The standard InChI is InChI=1S/C11H15N/c1-4-12-8-11-6-5-9(2)10(3)7-11/h4-7H,8H2,1-3H3/b12-4-. The summed E-state index contributed by atoms with van der Waals surface area (Å²) in [6, 6.07) is 6.48. The summed E-state index contributed by atoms with van der Waals surface area (Å²) in [5.41, 5.74) is 3.98. The number of benzene rings is 1. The zero-order chi connectivity index (χ0) is 8.97. The molecular formula is C11H15N. The maximum absolute atomic E-state index is 4.19. The lowest BCUT2D eigenvalue weighted by atomic mass is 10.1. The van der Waals surface area contributed by atoms with E-state index < -0.39 is 0 Å². The fraction of sp³-hybridized carbons (Fsp3) is 0.364. The van der Waals surface area contributed by atoms with Crippen LogP contribution in [0.15, 0.2) is 23.2 Å². The summed E-state index contributed by atoms with van der Waals surface area (Å²) < 4.78 is 0. The molecule has 12 heavy (non-hydrogen) atoms. The summed E-state index contributed by atoms with van der Waals surface area (Å²) in [5, 5.41) is 0. The average molecular weight is 161 g/mol. The van der Waals surface area contributed by atoms with Gasteiger partial charge in [0.2, 0.25) is 0 Å². The first-order chi connectivity index (χ1) is 5.74. The number of aryl methyl sites for hydroxylation is 2. The van der Waals surface area contributed by atoms with Crippen molar-refractivity contribution in [1.29, 1.82) is 0 Å². The van der Waals surface area contributed by atoms with E-state index >= 15 is 0 Å². The fourth-order valence-electron chi connectivity index (χ4n) is 1.10. The zero-order valence-electron chi connectivity index (χ0n) is 7.96. The highest BCUT2D eigenvalue weighted by molar-refractivity contribution is 5.53. The molecule has 0 radical (unpaired) electrons. The van der Waals surface area contributed by atoms with Gasteiger partial charge in [0.1, 0.15) is 0 Å². The van der Waals surface area contributed by atoms with E-state index in [-0.39, 0.29) is 0 Å². The lowest BCUT2D eigenvalue weighted by Crippen LogP contribution is -1.85. The van der Waals surface area contributed by atoms with Crippen molar-refractivity contribution in [3.63, 3.8) is 0 Å². The number of rotatable bonds is 2. The predicted molar refractivity (Wildman–Crippen MR) is 53.8 cm³/mol. The second kappa shape index (κ2) is 4.05. The van der Waals surface area contributed by atoms with Crippen molar-refractivity contribution in [2.24, 2.45) is 4.99 Å². The second-order valence-corrected chi connectivity index (χ2v) is 3.02. The Morgan fingerprint density at radius 2 is 2.00 bits per heavy atom. The first kappa shape index (κ1) is 8.98. The van der Waals surface area contributed by atoms with Gasteiger partial charge in [0.25, 0.3) is 0 Å². The summed E-state index contributed by atoms with van der Waals surface area (Å²) in [6.45, 7) is 7.01. The van der Waals surface area contributed by atoms with Gasteiger partial charge in [0.05, 0.1) is 6.54 Å². The lowest BCUT2D eigenvalue weighted by molar-refractivity contribution is 1.06. The van der Waals surface area contributed by atoms with Gasteiger partial charge < -0.3 is 0 Å². The van der Waals surface area contributed by atoms with Gasteiger partial charge in [0, 0.05) is 0 Å². The van der Waals surface area contributed by atoms with Gasteiger partial charge in [-0.1, -0.05) is 18.2 Å². The average Bonchev–Trinajstić information content (AvgIpc) is 2.07. The molecule has 64 valence electrons. The van der Waals surface area contributed by atoms with Crippen LogP contribution >= 0.6 is 0 Å². The van der Waals surface area contributed by atoms with Gasteiger partial charge >= 0.3 is 0 Å². The van der Waals surface area contributed by atoms with E-state index in [1.165, 1.54) is 16.7 Å². The molecule has 0 saturated carbocycles. The summed E-state index contributed by atoms with van der Waals surface area (Å²) >= 11 is 0. The molecule has 0 atom stereocenters. The number of nitrogens with zero attached hydrogens (tertiary/aromatic N) is 1. The van der Waals surface area contributed by atoms with Crippen LogP contribution in [-0.4, -0.2) is 6.21 Å². The molecule has 0 N–H and O–H groups in total. The Morgan fingerprint density at radius 3 is 2.58 bits per heavy atom. The molecule has 1 rings (SSSR count). The predicted octanol–water partition coefficient (Wildman–Crippen LogP) is 2.89. The molecule has 1 nitrogen and oxygen atoms in total. The Labute approximate surface area is 74.2 Å². The molecule has 0 heterocycles. The van der Waals surface area contributed by atoms with Crippen LogP contribution < -0.4 is 0 Å². The van der Waals surface area contributed by atoms with E-state index in [0.29, 0.717) is 0 Å². The van der Waals surface area contributed by atoms with Crippen LogP contribution in [0.1, 0.15) is 23.6 Å². The SMILES string of the molecule is C/C=N\Cc1ccc(C)c(C)c1. The second-order valence-electron chi connectivity index (χ2n) is 3.02. The maximum Gasteiger partial charge on any atom is 0.0635 e. The molecule has 1 heteroatoms. The van der Waals surface area contributed by atoms with E-state index in [2.05, 4.69) is 37.0 Å². The number of hydrogen-bond donors (Lipinski definition) is 0. The van der Waals surface area contributed by atoms with Crippen molar-refractivity contribution in [2.75, 3.05) is 0 Å². The van der Waals surface area contributed by atoms with Crippen LogP contribution in [0.2, 0.25) is 0 Å². The molecular weight excluding hydrogens is 146 g/mol. The molecule has 0 aromatic heterocycles. The first-order valence-corrected chi connectivity index (χ1v) is 4.24. The summed E-state index contributed by atoms with van der Waals surface area (Å²) in [5.74, 6) is 0. The molecule has 0 fully saturated rings. The van der Waals surface area contributed by atoms with E-state index in [4.69, 9.17) is 0 Å². The Hall–Kier alpha value is -1.11. The van der Waals surface area contributed by atoms with Gasteiger partial charge in [0.15, 0.2) is 0 Å². The Bertz CT molecular complexity index is 287. The monoisotopic (exact) mass is 161 g/mol. The first-order valence-electron chi connectivity index (χ1n) is 4.24.